The van der Waals surface area contributed by atoms with E-state index in [2.05, 4.69) is 14.3 Å². The number of hydrogen-bond donors (Lipinski definition) is 1. The number of rotatable bonds is 3. The Morgan fingerprint density at radius 1 is 1.54 bits per heavy atom. The minimum Gasteiger partial charge on any atom is -0.257 e. The molecule has 0 amide bonds. The molecule has 13 heavy (non-hydrogen) atoms. The van der Waals surface area contributed by atoms with Crippen LogP contribution in [-0.4, -0.2) is 13.4 Å². The average Bonchev–Trinajstić information content (AvgIpc) is 2.02. The zero-order valence-corrected chi connectivity index (χ0v) is 8.05. The molecule has 1 heterocycles. The summed E-state index contributed by atoms with van der Waals surface area (Å²) < 4.78 is 25.0. The molecule has 5 nitrogen and oxygen atoms in total. The van der Waals surface area contributed by atoms with Gasteiger partial charge in [-0.15, -0.1) is 0 Å². The molecule has 0 saturated heterocycles. The fraction of sp³-hybridized carbons (Fsp3) is 0.167. The molecular formula is C6H7ClN2O3S. The van der Waals surface area contributed by atoms with Crippen molar-refractivity contribution in [2.24, 2.45) is 5.14 Å². The lowest BCUT2D eigenvalue weighted by Gasteiger charge is -1.99. The van der Waals surface area contributed by atoms with E-state index in [-0.39, 0.29) is 6.61 Å². The van der Waals surface area contributed by atoms with Crippen LogP contribution in [0.15, 0.2) is 18.3 Å². The third kappa shape index (κ3) is 4.18. The van der Waals surface area contributed by atoms with Crippen LogP contribution in [0.4, 0.5) is 0 Å². The van der Waals surface area contributed by atoms with E-state index in [1.165, 1.54) is 6.20 Å². The molecule has 0 spiro atoms. The molecule has 72 valence electrons. The molecule has 0 fully saturated rings. The molecule has 0 atom stereocenters. The van der Waals surface area contributed by atoms with Crippen molar-refractivity contribution >= 4 is 21.9 Å². The largest absolute Gasteiger partial charge is 0.333 e. The molecular weight excluding hydrogens is 216 g/mol. The van der Waals surface area contributed by atoms with Crippen molar-refractivity contribution in [3.05, 3.63) is 29.0 Å². The summed E-state index contributed by atoms with van der Waals surface area (Å²) in [4.78, 5) is 3.80. The molecule has 0 aliphatic carbocycles. The zero-order valence-electron chi connectivity index (χ0n) is 6.47. The van der Waals surface area contributed by atoms with Crippen LogP contribution in [0.5, 0.6) is 0 Å². The van der Waals surface area contributed by atoms with Crippen LogP contribution in [0.25, 0.3) is 0 Å². The van der Waals surface area contributed by atoms with E-state index >= 15 is 0 Å². The van der Waals surface area contributed by atoms with Crippen LogP contribution in [0, 0.1) is 0 Å². The van der Waals surface area contributed by atoms with E-state index in [9.17, 15) is 8.42 Å². The van der Waals surface area contributed by atoms with Crippen LogP contribution in [0.3, 0.4) is 0 Å². The molecule has 0 aromatic carbocycles. The van der Waals surface area contributed by atoms with Crippen molar-refractivity contribution in [2.45, 2.75) is 6.61 Å². The molecule has 0 aliphatic heterocycles. The van der Waals surface area contributed by atoms with Gasteiger partial charge in [0.2, 0.25) is 0 Å². The van der Waals surface area contributed by atoms with Crippen LogP contribution in [-0.2, 0) is 21.1 Å². The smallest absolute Gasteiger partial charge is 0.257 e. The van der Waals surface area contributed by atoms with Gasteiger partial charge in [-0.1, -0.05) is 11.6 Å². The van der Waals surface area contributed by atoms with E-state index in [1.807, 2.05) is 0 Å². The summed E-state index contributed by atoms with van der Waals surface area (Å²) in [5.41, 5.74) is 0.443. The lowest BCUT2D eigenvalue weighted by Crippen LogP contribution is -2.15. The first-order chi connectivity index (χ1) is 5.97. The third-order valence-corrected chi connectivity index (χ3v) is 1.83. The molecule has 7 heteroatoms. The van der Waals surface area contributed by atoms with Crippen molar-refractivity contribution in [3.8, 4) is 0 Å². The van der Waals surface area contributed by atoms with Gasteiger partial charge in [0.15, 0.2) is 0 Å². The van der Waals surface area contributed by atoms with Crippen LogP contribution in [0.2, 0.25) is 5.02 Å². The number of nitrogens with zero attached hydrogens (tertiary/aromatic N) is 1. The van der Waals surface area contributed by atoms with Gasteiger partial charge in [-0.25, -0.2) is 5.14 Å². The predicted molar refractivity (Wildman–Crippen MR) is 47.1 cm³/mol. The van der Waals surface area contributed by atoms with Gasteiger partial charge < -0.3 is 0 Å². The molecule has 0 aliphatic rings. The van der Waals surface area contributed by atoms with Gasteiger partial charge in [-0.05, 0) is 12.1 Å². The highest BCUT2D eigenvalue weighted by Crippen LogP contribution is 2.07. The van der Waals surface area contributed by atoms with Crippen molar-refractivity contribution < 1.29 is 12.6 Å². The molecule has 0 saturated carbocycles. The number of halogens is 1. The zero-order chi connectivity index (χ0) is 9.90. The standard InChI is InChI=1S/C6H7ClN2O3S/c7-5-1-2-6(9-3-5)4-12-13(8,10)11/h1-3H,4H2,(H2,8,10,11). The van der Waals surface area contributed by atoms with Crippen molar-refractivity contribution in [3.63, 3.8) is 0 Å². The Balaban J connectivity index is 2.61. The van der Waals surface area contributed by atoms with E-state index < -0.39 is 10.3 Å². The van der Waals surface area contributed by atoms with E-state index in [0.29, 0.717) is 10.7 Å². The molecule has 0 unspecified atom stereocenters. The number of aromatic nitrogens is 1. The first-order valence-corrected chi connectivity index (χ1v) is 5.10. The fourth-order valence-electron chi connectivity index (χ4n) is 0.634. The maximum absolute atomic E-state index is 10.4. The maximum atomic E-state index is 10.4. The van der Waals surface area contributed by atoms with Crippen molar-refractivity contribution in [2.75, 3.05) is 0 Å². The SMILES string of the molecule is NS(=O)(=O)OCc1ccc(Cl)cn1. The molecule has 0 bridgehead atoms. The second kappa shape index (κ2) is 4.01. The minimum absolute atomic E-state index is 0.185. The highest BCUT2D eigenvalue weighted by molar-refractivity contribution is 7.84. The van der Waals surface area contributed by atoms with Gasteiger partial charge in [-0.3, -0.25) is 9.17 Å². The van der Waals surface area contributed by atoms with E-state index in [1.54, 1.807) is 12.1 Å². The monoisotopic (exact) mass is 222 g/mol. The van der Waals surface area contributed by atoms with Crippen LogP contribution >= 0.6 is 11.6 Å². The first-order valence-electron chi connectivity index (χ1n) is 3.25. The number of nitrogens with two attached hydrogens (primary N) is 1. The normalized spacial score (nSPS) is 11.5. The van der Waals surface area contributed by atoms with Crippen LogP contribution in [0.1, 0.15) is 5.69 Å². The van der Waals surface area contributed by atoms with Crippen molar-refractivity contribution in [1.82, 2.24) is 4.98 Å². The van der Waals surface area contributed by atoms with Crippen molar-refractivity contribution in [1.29, 1.82) is 0 Å². The average molecular weight is 223 g/mol. The van der Waals surface area contributed by atoms with Gasteiger partial charge in [0.05, 0.1) is 10.7 Å². The van der Waals surface area contributed by atoms with Gasteiger partial charge >= 0.3 is 10.3 Å². The summed E-state index contributed by atoms with van der Waals surface area (Å²) in [5.74, 6) is 0. The number of hydrogen-bond acceptors (Lipinski definition) is 4. The molecule has 1 aromatic rings. The Morgan fingerprint density at radius 3 is 2.69 bits per heavy atom. The second-order valence-corrected chi connectivity index (χ2v) is 3.88. The Kier molecular flexibility index (Phi) is 3.21. The second-order valence-electron chi connectivity index (χ2n) is 2.22. The highest BCUT2D eigenvalue weighted by Gasteiger charge is 2.03. The topological polar surface area (TPSA) is 82.3 Å². The van der Waals surface area contributed by atoms with Crippen LogP contribution < -0.4 is 5.14 Å². The van der Waals surface area contributed by atoms with Gasteiger partial charge in [-0.2, -0.15) is 8.42 Å². The summed E-state index contributed by atoms with van der Waals surface area (Å²) in [6, 6.07) is 3.13. The Morgan fingerprint density at radius 2 is 2.23 bits per heavy atom. The van der Waals surface area contributed by atoms with E-state index in [4.69, 9.17) is 11.6 Å². The summed E-state index contributed by atoms with van der Waals surface area (Å²) in [6.45, 7) is -0.185. The molecule has 1 aromatic heterocycles. The fourth-order valence-corrected chi connectivity index (χ4v) is 1.03. The lowest BCUT2D eigenvalue weighted by atomic mass is 10.4. The Labute approximate surface area is 80.7 Å². The van der Waals surface area contributed by atoms with Gasteiger partial charge in [0.1, 0.15) is 6.61 Å². The summed E-state index contributed by atoms with van der Waals surface area (Å²) in [5, 5.41) is 5.08. The quantitative estimate of drug-likeness (QED) is 0.805. The summed E-state index contributed by atoms with van der Waals surface area (Å²) >= 11 is 5.56. The minimum atomic E-state index is -3.91. The van der Waals surface area contributed by atoms with Gasteiger partial charge in [0.25, 0.3) is 0 Å². The van der Waals surface area contributed by atoms with Gasteiger partial charge in [0, 0.05) is 6.20 Å². The molecule has 2 N–H and O–H groups in total. The highest BCUT2D eigenvalue weighted by atomic mass is 35.5. The number of pyridine rings is 1. The maximum Gasteiger partial charge on any atom is 0.333 e. The van der Waals surface area contributed by atoms with E-state index in [0.717, 1.165) is 0 Å². The first kappa shape index (κ1) is 10.4. The predicted octanol–water partition coefficient (Wildman–Crippen LogP) is 0.455. The third-order valence-electron chi connectivity index (χ3n) is 1.16. The summed E-state index contributed by atoms with van der Waals surface area (Å²) in [6.07, 6.45) is 1.39. The lowest BCUT2D eigenvalue weighted by molar-refractivity contribution is 0.304. The Hall–Kier alpha value is -0.690. The molecule has 0 radical (unpaired) electrons. The molecule has 1 rings (SSSR count). The Bertz CT molecular complexity index is 375. The summed E-state index contributed by atoms with van der Waals surface area (Å²) in [7, 11) is -3.91.